The summed E-state index contributed by atoms with van der Waals surface area (Å²) in [5.41, 5.74) is 0. The van der Waals surface area contributed by atoms with Gasteiger partial charge in [-0.3, -0.25) is 9.69 Å². The number of aliphatic hydroxyl groups excluding tert-OH is 1. The number of hydrogen-bond donors (Lipinski definition) is 2. The van der Waals surface area contributed by atoms with Crippen LogP contribution in [0.2, 0.25) is 0 Å². The topological polar surface area (TPSA) is 52.6 Å². The number of amides is 1. The van der Waals surface area contributed by atoms with Gasteiger partial charge in [0.25, 0.3) is 0 Å². The highest BCUT2D eigenvalue weighted by Crippen LogP contribution is 2.22. The molecule has 0 aromatic heterocycles. The number of aliphatic hydroxyl groups is 1. The standard InChI is InChI=1S/C13H26N2O2/c1-10(2)7-14-13(17)8-15-6-4-5-11(3)12(15)9-16/h10-12,16H,4-9H2,1-3H3,(H,14,17). The number of hydrogen-bond acceptors (Lipinski definition) is 3. The van der Waals surface area contributed by atoms with E-state index >= 15 is 0 Å². The van der Waals surface area contributed by atoms with Crippen molar-refractivity contribution in [1.29, 1.82) is 0 Å². The molecule has 1 rings (SSSR count). The highest BCUT2D eigenvalue weighted by atomic mass is 16.3. The molecule has 2 N–H and O–H groups in total. The van der Waals surface area contributed by atoms with Crippen LogP contribution < -0.4 is 5.32 Å². The summed E-state index contributed by atoms with van der Waals surface area (Å²) in [6.45, 7) is 8.54. The molecule has 1 aliphatic rings. The maximum absolute atomic E-state index is 11.7. The molecule has 100 valence electrons. The molecule has 0 aliphatic carbocycles. The predicted molar refractivity (Wildman–Crippen MR) is 68.7 cm³/mol. The van der Waals surface area contributed by atoms with Gasteiger partial charge in [-0.15, -0.1) is 0 Å². The smallest absolute Gasteiger partial charge is 0.234 e. The monoisotopic (exact) mass is 242 g/mol. The Morgan fingerprint density at radius 2 is 2.24 bits per heavy atom. The van der Waals surface area contributed by atoms with E-state index in [2.05, 4.69) is 31.0 Å². The Labute approximate surface area is 104 Å². The van der Waals surface area contributed by atoms with E-state index in [-0.39, 0.29) is 18.6 Å². The summed E-state index contributed by atoms with van der Waals surface area (Å²) in [6.07, 6.45) is 2.27. The summed E-state index contributed by atoms with van der Waals surface area (Å²) in [6, 6.07) is 0.147. The minimum atomic E-state index is 0.0752. The fraction of sp³-hybridized carbons (Fsp3) is 0.923. The van der Waals surface area contributed by atoms with Crippen LogP contribution in [0.25, 0.3) is 0 Å². The Balaban J connectivity index is 2.40. The van der Waals surface area contributed by atoms with Crippen LogP contribution in [0.4, 0.5) is 0 Å². The van der Waals surface area contributed by atoms with Crippen molar-refractivity contribution >= 4 is 5.91 Å². The fourth-order valence-electron chi connectivity index (χ4n) is 2.38. The van der Waals surface area contributed by atoms with Crippen LogP contribution in [0.1, 0.15) is 33.6 Å². The molecule has 0 saturated carbocycles. The summed E-state index contributed by atoms with van der Waals surface area (Å²) in [4.78, 5) is 13.9. The van der Waals surface area contributed by atoms with Crippen molar-refractivity contribution in [3.63, 3.8) is 0 Å². The summed E-state index contributed by atoms with van der Waals surface area (Å²) in [5, 5.41) is 12.3. The average molecular weight is 242 g/mol. The van der Waals surface area contributed by atoms with Crippen LogP contribution in [0.15, 0.2) is 0 Å². The molecule has 4 heteroatoms. The molecule has 0 bridgehead atoms. The first-order valence-electron chi connectivity index (χ1n) is 6.66. The van der Waals surface area contributed by atoms with Crippen LogP contribution in [0.5, 0.6) is 0 Å². The van der Waals surface area contributed by atoms with Gasteiger partial charge < -0.3 is 10.4 Å². The van der Waals surface area contributed by atoms with E-state index in [1.807, 2.05) is 0 Å². The molecule has 0 spiro atoms. The molecule has 0 aromatic carbocycles. The van der Waals surface area contributed by atoms with E-state index in [0.29, 0.717) is 18.4 Å². The largest absolute Gasteiger partial charge is 0.395 e. The first-order valence-corrected chi connectivity index (χ1v) is 6.66. The maximum Gasteiger partial charge on any atom is 0.234 e. The summed E-state index contributed by atoms with van der Waals surface area (Å²) < 4.78 is 0. The molecular weight excluding hydrogens is 216 g/mol. The second-order valence-electron chi connectivity index (χ2n) is 5.54. The highest BCUT2D eigenvalue weighted by Gasteiger charge is 2.28. The Morgan fingerprint density at radius 3 is 2.82 bits per heavy atom. The van der Waals surface area contributed by atoms with E-state index in [1.54, 1.807) is 0 Å². The zero-order valence-electron chi connectivity index (χ0n) is 11.3. The molecule has 1 aliphatic heterocycles. The Bertz CT molecular complexity index is 244. The van der Waals surface area contributed by atoms with Crippen molar-refractivity contribution < 1.29 is 9.90 Å². The molecule has 1 fully saturated rings. The Morgan fingerprint density at radius 1 is 1.53 bits per heavy atom. The van der Waals surface area contributed by atoms with Gasteiger partial charge in [-0.05, 0) is 31.2 Å². The molecule has 1 saturated heterocycles. The molecule has 0 aromatic rings. The molecule has 1 heterocycles. The lowest BCUT2D eigenvalue weighted by Crippen LogP contribution is -2.50. The van der Waals surface area contributed by atoms with Gasteiger partial charge in [0.2, 0.25) is 5.91 Å². The molecule has 2 atom stereocenters. The highest BCUT2D eigenvalue weighted by molar-refractivity contribution is 5.78. The molecule has 4 nitrogen and oxygen atoms in total. The number of carbonyl (C=O) groups excluding carboxylic acids is 1. The van der Waals surface area contributed by atoms with Crippen molar-refractivity contribution in [3.05, 3.63) is 0 Å². The van der Waals surface area contributed by atoms with E-state index in [4.69, 9.17) is 0 Å². The van der Waals surface area contributed by atoms with E-state index in [9.17, 15) is 9.90 Å². The van der Waals surface area contributed by atoms with Crippen molar-refractivity contribution in [2.24, 2.45) is 11.8 Å². The lowest BCUT2D eigenvalue weighted by atomic mass is 9.91. The maximum atomic E-state index is 11.7. The Hall–Kier alpha value is -0.610. The van der Waals surface area contributed by atoms with Crippen molar-refractivity contribution in [2.75, 3.05) is 26.2 Å². The molecule has 2 unspecified atom stereocenters. The summed E-state index contributed by atoms with van der Waals surface area (Å²) in [7, 11) is 0. The number of piperidine rings is 1. The van der Waals surface area contributed by atoms with E-state index < -0.39 is 0 Å². The Kier molecular flexibility index (Phi) is 5.92. The third-order valence-corrected chi connectivity index (χ3v) is 3.47. The third kappa shape index (κ3) is 4.64. The van der Waals surface area contributed by atoms with E-state index in [0.717, 1.165) is 25.9 Å². The molecule has 17 heavy (non-hydrogen) atoms. The summed E-state index contributed by atoms with van der Waals surface area (Å²) in [5.74, 6) is 1.03. The number of nitrogens with one attached hydrogen (secondary N) is 1. The number of likely N-dealkylation sites (tertiary alicyclic amines) is 1. The van der Waals surface area contributed by atoms with Crippen LogP contribution >= 0.6 is 0 Å². The van der Waals surface area contributed by atoms with Crippen LogP contribution in [0.3, 0.4) is 0 Å². The number of rotatable bonds is 5. The first kappa shape index (κ1) is 14.5. The van der Waals surface area contributed by atoms with Crippen LogP contribution in [0, 0.1) is 11.8 Å². The van der Waals surface area contributed by atoms with Gasteiger partial charge in [0.1, 0.15) is 0 Å². The molecular formula is C13H26N2O2. The SMILES string of the molecule is CC(C)CNC(=O)CN1CCCC(C)C1CO. The van der Waals surface area contributed by atoms with Gasteiger partial charge in [-0.1, -0.05) is 20.8 Å². The minimum absolute atomic E-state index is 0.0752. The van der Waals surface area contributed by atoms with Gasteiger partial charge in [-0.25, -0.2) is 0 Å². The summed E-state index contributed by atoms with van der Waals surface area (Å²) >= 11 is 0. The minimum Gasteiger partial charge on any atom is -0.395 e. The average Bonchev–Trinajstić information content (AvgIpc) is 2.27. The number of carbonyl (C=O) groups is 1. The van der Waals surface area contributed by atoms with Gasteiger partial charge >= 0.3 is 0 Å². The molecule has 0 radical (unpaired) electrons. The fourth-order valence-corrected chi connectivity index (χ4v) is 2.38. The number of nitrogens with zero attached hydrogens (tertiary/aromatic N) is 1. The third-order valence-electron chi connectivity index (χ3n) is 3.47. The predicted octanol–water partition coefficient (Wildman–Crippen LogP) is 0.851. The second kappa shape index (κ2) is 6.97. The zero-order chi connectivity index (χ0) is 12.8. The quantitative estimate of drug-likeness (QED) is 0.751. The lowest BCUT2D eigenvalue weighted by Gasteiger charge is -2.38. The second-order valence-corrected chi connectivity index (χ2v) is 5.54. The van der Waals surface area contributed by atoms with Crippen LogP contribution in [-0.4, -0.2) is 48.2 Å². The van der Waals surface area contributed by atoms with Crippen molar-refractivity contribution in [3.8, 4) is 0 Å². The zero-order valence-corrected chi connectivity index (χ0v) is 11.3. The van der Waals surface area contributed by atoms with Gasteiger partial charge in [0, 0.05) is 12.6 Å². The first-order chi connectivity index (χ1) is 8.04. The van der Waals surface area contributed by atoms with Crippen molar-refractivity contribution in [2.45, 2.75) is 39.7 Å². The van der Waals surface area contributed by atoms with Gasteiger partial charge in [0.05, 0.1) is 13.2 Å². The van der Waals surface area contributed by atoms with Crippen LogP contribution in [-0.2, 0) is 4.79 Å². The van der Waals surface area contributed by atoms with E-state index in [1.165, 1.54) is 0 Å². The van der Waals surface area contributed by atoms with Gasteiger partial charge in [0.15, 0.2) is 0 Å². The lowest BCUT2D eigenvalue weighted by molar-refractivity contribution is -0.124. The van der Waals surface area contributed by atoms with Gasteiger partial charge in [-0.2, -0.15) is 0 Å². The molecule has 1 amide bonds. The van der Waals surface area contributed by atoms with Crippen molar-refractivity contribution in [1.82, 2.24) is 10.2 Å². The normalized spacial score (nSPS) is 26.2.